The van der Waals surface area contributed by atoms with Crippen LogP contribution < -0.4 is 10.1 Å². The fourth-order valence-electron chi connectivity index (χ4n) is 5.55. The molecule has 4 aliphatic rings. The zero-order valence-electron chi connectivity index (χ0n) is 13.4. The van der Waals surface area contributed by atoms with E-state index in [2.05, 4.69) is 5.32 Å². The minimum absolute atomic E-state index is 0.0378. The Morgan fingerprint density at radius 3 is 2.35 bits per heavy atom. The van der Waals surface area contributed by atoms with Crippen LogP contribution in [0.4, 0.5) is 0 Å². The smallest absolute Gasteiger partial charge is 0.257 e. The van der Waals surface area contributed by atoms with Gasteiger partial charge in [0, 0.05) is 6.54 Å². The largest absolute Gasteiger partial charge is 0.482 e. The molecule has 3 nitrogen and oxygen atoms in total. The van der Waals surface area contributed by atoms with E-state index in [0.29, 0.717) is 16.2 Å². The quantitative estimate of drug-likeness (QED) is 0.882. The molecule has 4 aliphatic carbocycles. The van der Waals surface area contributed by atoms with Gasteiger partial charge in [0.25, 0.3) is 5.91 Å². The van der Waals surface area contributed by atoms with Crippen molar-refractivity contribution in [3.05, 3.63) is 29.3 Å². The summed E-state index contributed by atoms with van der Waals surface area (Å²) < 4.78 is 5.53. The summed E-state index contributed by atoms with van der Waals surface area (Å²) in [6, 6.07) is 7.26. The zero-order chi connectivity index (χ0) is 15.9. The van der Waals surface area contributed by atoms with Crippen LogP contribution in [0.15, 0.2) is 24.3 Å². The normalized spacial score (nSPS) is 34.4. The molecular weight excluding hydrogens is 310 g/mol. The highest BCUT2D eigenvalue weighted by atomic mass is 35.5. The van der Waals surface area contributed by atoms with Gasteiger partial charge in [0.1, 0.15) is 5.75 Å². The van der Waals surface area contributed by atoms with Gasteiger partial charge in [-0.1, -0.05) is 23.7 Å². The number of carbonyl (C=O) groups is 1. The number of nitrogens with one attached hydrogen (secondary N) is 1. The number of rotatable bonds is 5. The van der Waals surface area contributed by atoms with Crippen LogP contribution in [0.5, 0.6) is 5.75 Å². The molecule has 1 amide bonds. The molecule has 4 heteroatoms. The fourth-order valence-corrected chi connectivity index (χ4v) is 5.74. The molecule has 4 bridgehead atoms. The number of benzene rings is 1. The monoisotopic (exact) mass is 333 g/mol. The first-order chi connectivity index (χ1) is 11.1. The second-order valence-electron chi connectivity index (χ2n) is 7.91. The summed E-state index contributed by atoms with van der Waals surface area (Å²) in [6.07, 6.45) is 8.23. The first-order valence-corrected chi connectivity index (χ1v) is 9.14. The Kier molecular flexibility index (Phi) is 4.00. The van der Waals surface area contributed by atoms with E-state index >= 15 is 0 Å². The maximum Gasteiger partial charge on any atom is 0.257 e. The predicted octanol–water partition coefficient (Wildman–Crippen LogP) is 4.05. The van der Waals surface area contributed by atoms with E-state index in [9.17, 15) is 4.79 Å². The van der Waals surface area contributed by atoms with Crippen molar-refractivity contribution in [3.8, 4) is 5.75 Å². The van der Waals surface area contributed by atoms with Crippen LogP contribution in [-0.4, -0.2) is 19.1 Å². The first kappa shape index (κ1) is 15.3. The summed E-state index contributed by atoms with van der Waals surface area (Å²) >= 11 is 6.04. The molecule has 0 heterocycles. The minimum Gasteiger partial charge on any atom is -0.482 e. The highest BCUT2D eigenvalue weighted by molar-refractivity contribution is 6.32. The van der Waals surface area contributed by atoms with Crippen molar-refractivity contribution < 1.29 is 9.53 Å². The minimum atomic E-state index is -0.0411. The summed E-state index contributed by atoms with van der Waals surface area (Å²) in [5.41, 5.74) is 0.370. The fraction of sp³-hybridized carbons (Fsp3) is 0.632. The van der Waals surface area contributed by atoms with E-state index in [1.54, 1.807) is 12.1 Å². The summed E-state index contributed by atoms with van der Waals surface area (Å²) in [4.78, 5) is 12.1. The lowest BCUT2D eigenvalue weighted by molar-refractivity contribution is -0.125. The van der Waals surface area contributed by atoms with E-state index in [1.165, 1.54) is 38.5 Å². The third-order valence-corrected chi connectivity index (χ3v) is 6.33. The molecule has 0 aromatic heterocycles. The van der Waals surface area contributed by atoms with Gasteiger partial charge in [-0.3, -0.25) is 4.79 Å². The second-order valence-corrected chi connectivity index (χ2v) is 8.32. The topological polar surface area (TPSA) is 38.3 Å². The van der Waals surface area contributed by atoms with Gasteiger partial charge in [0.2, 0.25) is 0 Å². The highest BCUT2D eigenvalue weighted by Gasteiger charge is 2.50. The van der Waals surface area contributed by atoms with Crippen LogP contribution in [0.25, 0.3) is 0 Å². The van der Waals surface area contributed by atoms with Crippen molar-refractivity contribution in [2.75, 3.05) is 13.2 Å². The molecule has 5 rings (SSSR count). The van der Waals surface area contributed by atoms with Gasteiger partial charge in [-0.05, 0) is 73.8 Å². The van der Waals surface area contributed by atoms with Crippen LogP contribution in [-0.2, 0) is 4.79 Å². The van der Waals surface area contributed by atoms with Gasteiger partial charge in [0.15, 0.2) is 6.61 Å². The lowest BCUT2D eigenvalue weighted by Crippen LogP contribution is -2.51. The number of para-hydroxylation sites is 1. The van der Waals surface area contributed by atoms with Gasteiger partial charge >= 0.3 is 0 Å². The molecule has 23 heavy (non-hydrogen) atoms. The number of halogens is 1. The summed E-state index contributed by atoms with van der Waals surface area (Å²) in [7, 11) is 0. The van der Waals surface area contributed by atoms with Crippen molar-refractivity contribution in [2.45, 2.75) is 38.5 Å². The molecule has 0 atom stereocenters. The number of amides is 1. The van der Waals surface area contributed by atoms with Crippen LogP contribution in [0.2, 0.25) is 5.02 Å². The average Bonchev–Trinajstić information content (AvgIpc) is 2.51. The third kappa shape index (κ3) is 3.21. The van der Waals surface area contributed by atoms with Gasteiger partial charge in [-0.2, -0.15) is 0 Å². The molecule has 0 aliphatic heterocycles. The summed E-state index contributed by atoms with van der Waals surface area (Å²) in [5.74, 6) is 3.27. The molecule has 1 N–H and O–H groups in total. The summed E-state index contributed by atoms with van der Waals surface area (Å²) in [5, 5.41) is 3.67. The first-order valence-electron chi connectivity index (χ1n) is 8.76. The van der Waals surface area contributed by atoms with Gasteiger partial charge in [-0.15, -0.1) is 0 Å². The molecule has 0 saturated heterocycles. The van der Waals surface area contributed by atoms with Crippen molar-refractivity contribution >= 4 is 17.5 Å². The maximum atomic E-state index is 12.1. The number of carbonyl (C=O) groups excluding carboxylic acids is 1. The number of hydrogen-bond donors (Lipinski definition) is 1. The van der Waals surface area contributed by atoms with Crippen molar-refractivity contribution in [2.24, 2.45) is 23.2 Å². The molecule has 4 saturated carbocycles. The molecule has 0 radical (unpaired) electrons. The van der Waals surface area contributed by atoms with Crippen molar-refractivity contribution in [3.63, 3.8) is 0 Å². The lowest BCUT2D eigenvalue weighted by Gasteiger charge is -2.56. The highest BCUT2D eigenvalue weighted by Crippen LogP contribution is 2.59. The Morgan fingerprint density at radius 1 is 1.13 bits per heavy atom. The average molecular weight is 334 g/mol. The van der Waals surface area contributed by atoms with E-state index in [1.807, 2.05) is 12.1 Å². The van der Waals surface area contributed by atoms with Gasteiger partial charge in [0.05, 0.1) is 5.02 Å². The van der Waals surface area contributed by atoms with E-state index in [0.717, 1.165) is 24.3 Å². The lowest BCUT2D eigenvalue weighted by atomic mass is 9.49. The molecule has 1 aromatic rings. The maximum absolute atomic E-state index is 12.1. The molecule has 0 unspecified atom stereocenters. The number of ether oxygens (including phenoxy) is 1. The van der Waals surface area contributed by atoms with Crippen LogP contribution in [0.1, 0.15) is 38.5 Å². The SMILES string of the molecule is O=C(COc1ccccc1Cl)NCC12CC3CC(CC(C3)C1)C2. The molecule has 124 valence electrons. The molecule has 4 fully saturated rings. The van der Waals surface area contributed by atoms with E-state index in [4.69, 9.17) is 16.3 Å². The Labute approximate surface area is 142 Å². The van der Waals surface area contributed by atoms with Gasteiger partial charge < -0.3 is 10.1 Å². The molecule has 1 aromatic carbocycles. The Balaban J connectivity index is 1.29. The molecule has 0 spiro atoms. The van der Waals surface area contributed by atoms with Crippen LogP contribution >= 0.6 is 11.6 Å². The summed E-state index contributed by atoms with van der Waals surface area (Å²) in [6.45, 7) is 0.858. The standard InChI is InChI=1S/C19H24ClNO2/c20-16-3-1-2-4-17(16)23-11-18(22)21-12-19-8-13-5-14(9-19)7-15(6-13)10-19/h1-4,13-15H,5-12H2,(H,21,22). The zero-order valence-corrected chi connectivity index (χ0v) is 14.1. The van der Waals surface area contributed by atoms with E-state index < -0.39 is 0 Å². The predicted molar refractivity (Wildman–Crippen MR) is 90.6 cm³/mol. The Hall–Kier alpha value is -1.22. The van der Waals surface area contributed by atoms with Gasteiger partial charge in [-0.25, -0.2) is 0 Å². The van der Waals surface area contributed by atoms with Crippen molar-refractivity contribution in [1.82, 2.24) is 5.32 Å². The van der Waals surface area contributed by atoms with E-state index in [-0.39, 0.29) is 12.5 Å². The third-order valence-electron chi connectivity index (χ3n) is 6.02. The van der Waals surface area contributed by atoms with Crippen LogP contribution in [0, 0.1) is 23.2 Å². The van der Waals surface area contributed by atoms with Crippen LogP contribution in [0.3, 0.4) is 0 Å². The van der Waals surface area contributed by atoms with Crippen molar-refractivity contribution in [1.29, 1.82) is 0 Å². The Morgan fingerprint density at radius 2 is 1.74 bits per heavy atom. The Bertz CT molecular complexity index is 566. The molecular formula is C19H24ClNO2. The second kappa shape index (κ2) is 6.01. The number of hydrogen-bond acceptors (Lipinski definition) is 2.